The molecule has 0 aliphatic carbocycles. The molecule has 0 spiro atoms. The van der Waals surface area contributed by atoms with Gasteiger partial charge >= 0.3 is 0 Å². The van der Waals surface area contributed by atoms with Crippen LogP contribution >= 0.6 is 0 Å². The van der Waals surface area contributed by atoms with Crippen molar-refractivity contribution in [2.75, 3.05) is 13.6 Å². The van der Waals surface area contributed by atoms with Gasteiger partial charge < -0.3 is 10.6 Å². The van der Waals surface area contributed by atoms with Gasteiger partial charge in [-0.1, -0.05) is 26.7 Å². The summed E-state index contributed by atoms with van der Waals surface area (Å²) in [5, 5.41) is 6.12. The summed E-state index contributed by atoms with van der Waals surface area (Å²) in [5.74, 6) is 0.794. The van der Waals surface area contributed by atoms with Crippen molar-refractivity contribution in [3.05, 3.63) is 0 Å². The molecule has 0 aromatic rings. The van der Waals surface area contributed by atoms with Crippen LogP contribution in [0.25, 0.3) is 0 Å². The van der Waals surface area contributed by atoms with Crippen molar-refractivity contribution in [2.45, 2.75) is 52.5 Å². The number of hydrogen-bond donors (Lipinski definition) is 2. The Labute approximate surface area is 94.0 Å². The molecule has 0 saturated carbocycles. The third-order valence-corrected chi connectivity index (χ3v) is 2.98. The van der Waals surface area contributed by atoms with Crippen LogP contribution < -0.4 is 10.6 Å². The second kappa shape index (κ2) is 8.72. The molecule has 0 radical (unpaired) electrons. The van der Waals surface area contributed by atoms with Gasteiger partial charge in [0, 0.05) is 12.5 Å². The van der Waals surface area contributed by atoms with E-state index in [-0.39, 0.29) is 5.91 Å². The smallest absolute Gasteiger partial charge is 0.220 e. The van der Waals surface area contributed by atoms with Crippen molar-refractivity contribution in [2.24, 2.45) is 5.92 Å². The lowest BCUT2D eigenvalue weighted by Crippen LogP contribution is -2.37. The summed E-state index contributed by atoms with van der Waals surface area (Å²) < 4.78 is 0. The zero-order chi connectivity index (χ0) is 11.7. The second-order valence-corrected chi connectivity index (χ2v) is 4.14. The van der Waals surface area contributed by atoms with Crippen molar-refractivity contribution < 1.29 is 4.79 Å². The summed E-state index contributed by atoms with van der Waals surface area (Å²) in [6.07, 6.45) is 3.81. The molecule has 3 heteroatoms. The van der Waals surface area contributed by atoms with E-state index in [0.29, 0.717) is 18.4 Å². The summed E-state index contributed by atoms with van der Waals surface area (Å²) in [6.45, 7) is 7.37. The maximum atomic E-state index is 11.5. The average Bonchev–Trinajstić information content (AvgIpc) is 2.20. The fraction of sp³-hybridized carbons (Fsp3) is 0.917. The fourth-order valence-corrected chi connectivity index (χ4v) is 1.87. The number of hydrogen-bond acceptors (Lipinski definition) is 2. The van der Waals surface area contributed by atoms with E-state index in [9.17, 15) is 4.79 Å². The summed E-state index contributed by atoms with van der Waals surface area (Å²) in [5.41, 5.74) is 0. The van der Waals surface area contributed by atoms with Crippen LogP contribution in [0, 0.1) is 5.92 Å². The predicted molar refractivity (Wildman–Crippen MR) is 64.8 cm³/mol. The van der Waals surface area contributed by atoms with Crippen molar-refractivity contribution in [1.29, 1.82) is 0 Å². The van der Waals surface area contributed by atoms with Crippen LogP contribution in [0.15, 0.2) is 0 Å². The molecule has 1 atom stereocenters. The van der Waals surface area contributed by atoms with Gasteiger partial charge in [-0.05, 0) is 32.9 Å². The minimum Gasteiger partial charge on any atom is -0.353 e. The molecule has 0 saturated heterocycles. The van der Waals surface area contributed by atoms with Crippen LogP contribution in [0.4, 0.5) is 0 Å². The SMILES string of the molecule is CCC(CC)C(C)NC(=O)CCCNC. The van der Waals surface area contributed by atoms with E-state index in [1.54, 1.807) is 0 Å². The van der Waals surface area contributed by atoms with Crippen LogP contribution in [0.3, 0.4) is 0 Å². The Bertz CT molecular complexity index is 167. The van der Waals surface area contributed by atoms with Crippen LogP contribution in [-0.4, -0.2) is 25.5 Å². The number of carbonyl (C=O) groups excluding carboxylic acids is 1. The quantitative estimate of drug-likeness (QED) is 0.606. The highest BCUT2D eigenvalue weighted by molar-refractivity contribution is 5.76. The van der Waals surface area contributed by atoms with Gasteiger partial charge in [-0.15, -0.1) is 0 Å². The lowest BCUT2D eigenvalue weighted by molar-refractivity contribution is -0.122. The minimum absolute atomic E-state index is 0.185. The van der Waals surface area contributed by atoms with E-state index in [1.807, 2.05) is 7.05 Å². The highest BCUT2D eigenvalue weighted by Crippen LogP contribution is 2.12. The third-order valence-electron chi connectivity index (χ3n) is 2.98. The van der Waals surface area contributed by atoms with Gasteiger partial charge in [-0.2, -0.15) is 0 Å². The van der Waals surface area contributed by atoms with E-state index >= 15 is 0 Å². The Morgan fingerprint density at radius 2 is 1.87 bits per heavy atom. The zero-order valence-electron chi connectivity index (χ0n) is 10.6. The molecule has 2 N–H and O–H groups in total. The Morgan fingerprint density at radius 3 is 2.33 bits per heavy atom. The zero-order valence-corrected chi connectivity index (χ0v) is 10.6. The number of nitrogens with one attached hydrogen (secondary N) is 2. The largest absolute Gasteiger partial charge is 0.353 e. The normalized spacial score (nSPS) is 12.9. The van der Waals surface area contributed by atoms with Crippen molar-refractivity contribution in [3.63, 3.8) is 0 Å². The topological polar surface area (TPSA) is 41.1 Å². The maximum Gasteiger partial charge on any atom is 0.220 e. The number of rotatable bonds is 8. The molecule has 90 valence electrons. The Morgan fingerprint density at radius 1 is 1.27 bits per heavy atom. The van der Waals surface area contributed by atoms with Crippen LogP contribution in [0.5, 0.6) is 0 Å². The first kappa shape index (κ1) is 14.4. The highest BCUT2D eigenvalue weighted by atomic mass is 16.1. The lowest BCUT2D eigenvalue weighted by atomic mass is 9.95. The molecule has 15 heavy (non-hydrogen) atoms. The molecule has 0 aromatic heterocycles. The molecule has 0 bridgehead atoms. The summed E-state index contributed by atoms with van der Waals surface area (Å²) >= 11 is 0. The van der Waals surface area contributed by atoms with Crippen LogP contribution in [0.2, 0.25) is 0 Å². The van der Waals surface area contributed by atoms with E-state index in [0.717, 1.165) is 25.8 Å². The molecule has 1 unspecified atom stereocenters. The highest BCUT2D eigenvalue weighted by Gasteiger charge is 2.15. The fourth-order valence-electron chi connectivity index (χ4n) is 1.87. The Hall–Kier alpha value is -0.570. The first-order valence-electron chi connectivity index (χ1n) is 6.09. The van der Waals surface area contributed by atoms with Gasteiger partial charge in [-0.3, -0.25) is 4.79 Å². The monoisotopic (exact) mass is 214 g/mol. The van der Waals surface area contributed by atoms with Gasteiger partial charge in [0.1, 0.15) is 0 Å². The molecule has 0 heterocycles. The molecule has 0 rings (SSSR count). The third kappa shape index (κ3) is 6.50. The van der Waals surface area contributed by atoms with Crippen LogP contribution in [-0.2, 0) is 4.79 Å². The molecule has 3 nitrogen and oxygen atoms in total. The van der Waals surface area contributed by atoms with Crippen LogP contribution in [0.1, 0.15) is 46.5 Å². The molecular formula is C12H26N2O. The minimum atomic E-state index is 0.185. The first-order valence-corrected chi connectivity index (χ1v) is 6.09. The molecule has 0 fully saturated rings. The van der Waals surface area contributed by atoms with E-state index < -0.39 is 0 Å². The number of amides is 1. The molecule has 0 aliphatic rings. The predicted octanol–water partition coefficient (Wildman–Crippen LogP) is 1.93. The van der Waals surface area contributed by atoms with Crippen molar-refractivity contribution in [3.8, 4) is 0 Å². The standard InChI is InChI=1S/C12H26N2O/c1-5-11(6-2)10(3)14-12(15)8-7-9-13-4/h10-11,13H,5-9H2,1-4H3,(H,14,15). The Kier molecular flexibility index (Phi) is 8.38. The second-order valence-electron chi connectivity index (χ2n) is 4.14. The van der Waals surface area contributed by atoms with Gasteiger partial charge in [0.25, 0.3) is 0 Å². The van der Waals surface area contributed by atoms with Crippen molar-refractivity contribution >= 4 is 5.91 Å². The molecule has 1 amide bonds. The lowest BCUT2D eigenvalue weighted by Gasteiger charge is -2.22. The van der Waals surface area contributed by atoms with Gasteiger partial charge in [0.2, 0.25) is 5.91 Å². The first-order chi connectivity index (χ1) is 7.15. The summed E-state index contributed by atoms with van der Waals surface area (Å²) in [4.78, 5) is 11.5. The van der Waals surface area contributed by atoms with Gasteiger partial charge in [0.05, 0.1) is 0 Å². The van der Waals surface area contributed by atoms with E-state index in [4.69, 9.17) is 0 Å². The van der Waals surface area contributed by atoms with Gasteiger partial charge in [-0.25, -0.2) is 0 Å². The van der Waals surface area contributed by atoms with Gasteiger partial charge in [0.15, 0.2) is 0 Å². The van der Waals surface area contributed by atoms with E-state index in [1.165, 1.54) is 0 Å². The summed E-state index contributed by atoms with van der Waals surface area (Å²) in [7, 11) is 1.91. The average molecular weight is 214 g/mol. The van der Waals surface area contributed by atoms with E-state index in [2.05, 4.69) is 31.4 Å². The Balaban J connectivity index is 3.74. The summed E-state index contributed by atoms with van der Waals surface area (Å²) in [6, 6.07) is 0.307. The molecular weight excluding hydrogens is 188 g/mol. The van der Waals surface area contributed by atoms with Crippen molar-refractivity contribution in [1.82, 2.24) is 10.6 Å². The molecule has 0 aliphatic heterocycles. The molecule has 0 aromatic carbocycles. The maximum absolute atomic E-state index is 11.5. The number of carbonyl (C=O) groups is 1.